The Morgan fingerprint density at radius 2 is 1.78 bits per heavy atom. The highest BCUT2D eigenvalue weighted by molar-refractivity contribution is 6.33. The average Bonchev–Trinajstić information content (AvgIpc) is 3.04. The fourth-order valence-corrected chi connectivity index (χ4v) is 5.80. The maximum absolute atomic E-state index is 13.6. The lowest BCUT2D eigenvalue weighted by atomic mass is 10.1. The first-order valence-corrected chi connectivity index (χ1v) is 15.8. The molecule has 10 heteroatoms. The number of nitrogens with one attached hydrogen (secondary N) is 2. The number of hydrogen-bond acceptors (Lipinski definition) is 8. The maximum atomic E-state index is 13.6. The summed E-state index contributed by atoms with van der Waals surface area (Å²) in [5.41, 5.74) is 5.49. The summed E-state index contributed by atoms with van der Waals surface area (Å²) < 4.78 is 11.9. The number of carbonyl (C=O) groups is 1. The minimum Gasteiger partial charge on any atom is -0.493 e. The molecular weight excluding hydrogens is 600 g/mol. The van der Waals surface area contributed by atoms with Crippen molar-refractivity contribution in [2.24, 2.45) is 0 Å². The molecule has 2 N–H and O–H groups in total. The lowest BCUT2D eigenvalue weighted by Crippen LogP contribution is -2.49. The van der Waals surface area contributed by atoms with Gasteiger partial charge in [-0.2, -0.15) is 4.98 Å². The third kappa shape index (κ3) is 7.61. The molecule has 0 saturated carbocycles. The van der Waals surface area contributed by atoms with E-state index in [-0.39, 0.29) is 17.4 Å². The maximum Gasteiger partial charge on any atom is 0.262 e. The number of piperazine rings is 1. The molecule has 1 aromatic heterocycles. The van der Waals surface area contributed by atoms with Crippen LogP contribution in [0.25, 0.3) is 0 Å². The lowest BCUT2D eigenvalue weighted by molar-refractivity contribution is 0.102. The van der Waals surface area contributed by atoms with Crippen LogP contribution in [0.5, 0.6) is 17.4 Å². The van der Waals surface area contributed by atoms with Gasteiger partial charge in [0.05, 0.1) is 17.8 Å². The number of aromatic nitrogens is 2. The van der Waals surface area contributed by atoms with E-state index >= 15 is 0 Å². The van der Waals surface area contributed by atoms with Crippen molar-refractivity contribution in [3.63, 3.8) is 0 Å². The molecule has 9 nitrogen and oxygen atoms in total. The molecule has 1 saturated heterocycles. The van der Waals surface area contributed by atoms with Crippen molar-refractivity contribution in [3.8, 4) is 17.4 Å². The van der Waals surface area contributed by atoms with Crippen LogP contribution in [0.4, 0.5) is 23.0 Å². The molecule has 0 radical (unpaired) electrons. The number of rotatable bonds is 11. The molecule has 1 aliphatic rings. The molecule has 46 heavy (non-hydrogen) atoms. The van der Waals surface area contributed by atoms with Crippen LogP contribution in [-0.2, 0) is 6.42 Å². The first-order valence-electron chi connectivity index (χ1n) is 15.4. The van der Waals surface area contributed by atoms with Gasteiger partial charge in [-0.05, 0) is 81.1 Å². The number of para-hydroxylation sites is 1. The van der Waals surface area contributed by atoms with Gasteiger partial charge >= 0.3 is 0 Å². The van der Waals surface area contributed by atoms with Gasteiger partial charge in [-0.15, -0.1) is 6.58 Å². The number of hydrogen-bond donors (Lipinski definition) is 2. The molecule has 1 fully saturated rings. The van der Waals surface area contributed by atoms with Gasteiger partial charge < -0.3 is 25.0 Å². The largest absolute Gasteiger partial charge is 0.493 e. The van der Waals surface area contributed by atoms with Crippen LogP contribution in [0, 0.1) is 13.8 Å². The fraction of sp³-hybridized carbons (Fsp3) is 0.306. The Hall–Kier alpha value is -4.60. The molecule has 0 spiro atoms. The standard InChI is InChI=1S/C36H41ClN6O3/c1-7-9-26-12-15-31(32(20-26)45-6)46-35-28(34(44)40-33-24(4)10-8-11-25(33)5)22-38-36(41-35)39-27-13-14-30(29(37)21-27)43-18-16-42(17-19-43)23(2)3/h7-8,10-15,20-23H,1,9,16-19H2,2-6H3,(H,40,44)(H,38,39,41). The van der Waals surface area contributed by atoms with E-state index in [9.17, 15) is 4.79 Å². The first kappa shape index (κ1) is 32.8. The minimum absolute atomic E-state index is 0.0711. The fourth-order valence-electron chi connectivity index (χ4n) is 5.50. The van der Waals surface area contributed by atoms with E-state index in [1.165, 1.54) is 6.20 Å². The number of methoxy groups -OCH3 is 1. The van der Waals surface area contributed by atoms with Crippen molar-refractivity contribution >= 4 is 40.5 Å². The number of nitrogens with zero attached hydrogens (tertiary/aromatic N) is 4. The molecule has 0 bridgehead atoms. The van der Waals surface area contributed by atoms with Crippen molar-refractivity contribution < 1.29 is 14.3 Å². The Bertz CT molecular complexity index is 1700. The molecule has 4 aromatic rings. The van der Waals surface area contributed by atoms with Gasteiger partial charge in [0.2, 0.25) is 11.8 Å². The van der Waals surface area contributed by atoms with Gasteiger partial charge in [-0.1, -0.05) is 41.9 Å². The van der Waals surface area contributed by atoms with Crippen LogP contribution in [0.15, 0.2) is 73.4 Å². The summed E-state index contributed by atoms with van der Waals surface area (Å²) >= 11 is 6.77. The van der Waals surface area contributed by atoms with Crippen molar-refractivity contribution in [2.75, 3.05) is 48.8 Å². The van der Waals surface area contributed by atoms with Gasteiger partial charge in [0.1, 0.15) is 5.56 Å². The first-order chi connectivity index (χ1) is 22.2. The van der Waals surface area contributed by atoms with Gasteiger partial charge in [0.25, 0.3) is 5.91 Å². The zero-order chi connectivity index (χ0) is 32.8. The molecule has 240 valence electrons. The molecule has 2 heterocycles. The second-order valence-corrected chi connectivity index (χ2v) is 12.0. The monoisotopic (exact) mass is 640 g/mol. The van der Waals surface area contributed by atoms with E-state index in [2.05, 4.69) is 50.8 Å². The summed E-state index contributed by atoms with van der Waals surface area (Å²) in [6, 6.07) is 17.8. The molecule has 0 aliphatic carbocycles. The Labute approximate surface area is 276 Å². The van der Waals surface area contributed by atoms with Crippen molar-refractivity contribution in [1.82, 2.24) is 14.9 Å². The minimum atomic E-state index is -0.397. The smallest absolute Gasteiger partial charge is 0.262 e. The van der Waals surface area contributed by atoms with E-state index in [0.29, 0.717) is 34.7 Å². The average molecular weight is 641 g/mol. The number of carbonyl (C=O) groups excluding carboxylic acids is 1. The number of aryl methyl sites for hydroxylation is 2. The van der Waals surface area contributed by atoms with Crippen LogP contribution in [0.3, 0.4) is 0 Å². The number of benzene rings is 3. The van der Waals surface area contributed by atoms with E-state index in [1.54, 1.807) is 13.2 Å². The van der Waals surface area contributed by atoms with E-state index in [0.717, 1.165) is 54.2 Å². The highest BCUT2D eigenvalue weighted by atomic mass is 35.5. The Kier molecular flexibility index (Phi) is 10.4. The molecule has 0 unspecified atom stereocenters. The van der Waals surface area contributed by atoms with Gasteiger partial charge in [-0.3, -0.25) is 9.69 Å². The van der Waals surface area contributed by atoms with Gasteiger partial charge in [-0.25, -0.2) is 4.98 Å². The summed E-state index contributed by atoms with van der Waals surface area (Å²) in [6.45, 7) is 16.0. The topological polar surface area (TPSA) is 91.9 Å². The number of anilines is 4. The molecule has 5 rings (SSSR count). The van der Waals surface area contributed by atoms with E-state index in [1.807, 2.05) is 68.5 Å². The van der Waals surface area contributed by atoms with E-state index < -0.39 is 5.91 Å². The zero-order valence-electron chi connectivity index (χ0n) is 27.1. The molecular formula is C36H41ClN6O3. The molecule has 0 atom stereocenters. The van der Waals surface area contributed by atoms with E-state index in [4.69, 9.17) is 21.1 Å². The van der Waals surface area contributed by atoms with Crippen LogP contribution in [-0.4, -0.2) is 60.1 Å². The number of amides is 1. The Morgan fingerprint density at radius 1 is 1.04 bits per heavy atom. The van der Waals surface area contributed by atoms with Crippen LogP contribution in [0.2, 0.25) is 5.02 Å². The predicted molar refractivity (Wildman–Crippen MR) is 187 cm³/mol. The second kappa shape index (κ2) is 14.7. The summed E-state index contributed by atoms with van der Waals surface area (Å²) in [4.78, 5) is 27.5. The third-order valence-corrected chi connectivity index (χ3v) is 8.42. The van der Waals surface area contributed by atoms with Crippen LogP contribution in [0.1, 0.15) is 40.9 Å². The third-order valence-electron chi connectivity index (χ3n) is 8.12. The SMILES string of the molecule is C=CCc1ccc(Oc2nc(Nc3ccc(N4CCN(C(C)C)CC4)c(Cl)c3)ncc2C(=O)Nc2c(C)cccc2C)c(OC)c1. The number of ether oxygens (including phenoxy) is 2. The van der Waals surface area contributed by atoms with Crippen molar-refractivity contribution in [1.29, 1.82) is 0 Å². The Balaban J connectivity index is 1.43. The molecule has 1 amide bonds. The predicted octanol–water partition coefficient (Wildman–Crippen LogP) is 7.80. The normalized spacial score (nSPS) is 13.4. The molecule has 3 aromatic carbocycles. The highest BCUT2D eigenvalue weighted by Gasteiger charge is 2.22. The lowest BCUT2D eigenvalue weighted by Gasteiger charge is -2.38. The summed E-state index contributed by atoms with van der Waals surface area (Å²) in [7, 11) is 1.57. The van der Waals surface area contributed by atoms with Gasteiger partial charge in [0, 0.05) is 49.8 Å². The number of halogens is 1. The van der Waals surface area contributed by atoms with Crippen LogP contribution < -0.4 is 25.0 Å². The quantitative estimate of drug-likeness (QED) is 0.161. The van der Waals surface area contributed by atoms with Gasteiger partial charge in [0.15, 0.2) is 11.5 Å². The summed E-state index contributed by atoms with van der Waals surface area (Å²) in [6.07, 6.45) is 3.95. The number of allylic oxidation sites excluding steroid dienone is 1. The highest BCUT2D eigenvalue weighted by Crippen LogP contribution is 2.35. The van der Waals surface area contributed by atoms with Crippen molar-refractivity contribution in [2.45, 2.75) is 40.2 Å². The summed E-state index contributed by atoms with van der Waals surface area (Å²) in [5.74, 6) is 0.833. The van der Waals surface area contributed by atoms with Crippen LogP contribution >= 0.6 is 11.6 Å². The Morgan fingerprint density at radius 3 is 2.43 bits per heavy atom. The molecule has 1 aliphatic heterocycles. The van der Waals surface area contributed by atoms with Crippen molar-refractivity contribution in [3.05, 3.63) is 101 Å². The zero-order valence-corrected chi connectivity index (χ0v) is 27.8. The summed E-state index contributed by atoms with van der Waals surface area (Å²) in [5, 5.41) is 6.87. The second-order valence-electron chi connectivity index (χ2n) is 11.6.